The lowest BCUT2D eigenvalue weighted by Crippen LogP contribution is -1.83. The molecule has 0 radical (unpaired) electrons. The summed E-state index contributed by atoms with van der Waals surface area (Å²) < 4.78 is 5.87. The SMILES string of the molecule is Cc1ccc(O)c(C=Nc2ccc3oc(-c4cc5ccccc5cc4O)nc3c2)c1. The van der Waals surface area contributed by atoms with Crippen LogP contribution in [0.25, 0.3) is 33.3 Å². The Hall–Kier alpha value is -4.12. The van der Waals surface area contributed by atoms with E-state index < -0.39 is 0 Å². The number of oxazole rings is 1. The van der Waals surface area contributed by atoms with Gasteiger partial charge in [0, 0.05) is 11.8 Å². The fourth-order valence-corrected chi connectivity index (χ4v) is 3.43. The lowest BCUT2D eigenvalue weighted by atomic mass is 10.1. The summed E-state index contributed by atoms with van der Waals surface area (Å²) in [6.45, 7) is 1.96. The number of benzene rings is 4. The number of aliphatic imine (C=N–C) groups is 1. The average Bonchev–Trinajstić information content (AvgIpc) is 3.17. The van der Waals surface area contributed by atoms with Crippen LogP contribution in [0.1, 0.15) is 11.1 Å². The second-order valence-corrected chi connectivity index (χ2v) is 7.21. The number of hydrogen-bond donors (Lipinski definition) is 2. The molecule has 5 heteroatoms. The Balaban J connectivity index is 1.52. The van der Waals surface area contributed by atoms with Gasteiger partial charge in [0.25, 0.3) is 0 Å². The van der Waals surface area contributed by atoms with E-state index in [1.165, 1.54) is 0 Å². The maximum Gasteiger partial charge on any atom is 0.231 e. The zero-order valence-corrected chi connectivity index (χ0v) is 16.2. The van der Waals surface area contributed by atoms with Crippen molar-refractivity contribution < 1.29 is 14.6 Å². The molecule has 0 spiro atoms. The standard InChI is InChI=1S/C25H18N2O3/c1-15-6-8-22(28)18(10-15)14-26-19-7-9-24-21(13-19)27-25(30-24)20-11-16-4-2-3-5-17(16)12-23(20)29/h2-14,28-29H,1H3. The van der Waals surface area contributed by atoms with Crippen LogP contribution in [0, 0.1) is 6.92 Å². The Morgan fingerprint density at radius 1 is 0.867 bits per heavy atom. The zero-order chi connectivity index (χ0) is 20.7. The van der Waals surface area contributed by atoms with Gasteiger partial charge in [-0.1, -0.05) is 35.9 Å². The van der Waals surface area contributed by atoms with E-state index in [-0.39, 0.29) is 11.5 Å². The highest BCUT2D eigenvalue weighted by Crippen LogP contribution is 2.35. The molecule has 0 atom stereocenters. The summed E-state index contributed by atoms with van der Waals surface area (Å²) in [6.07, 6.45) is 1.62. The molecule has 0 saturated carbocycles. The largest absolute Gasteiger partial charge is 0.507 e. The van der Waals surface area contributed by atoms with Gasteiger partial charge in [-0.15, -0.1) is 0 Å². The Bertz CT molecular complexity index is 1430. The van der Waals surface area contributed by atoms with Crippen molar-refractivity contribution in [1.29, 1.82) is 0 Å². The van der Waals surface area contributed by atoms with Crippen molar-refractivity contribution in [3.63, 3.8) is 0 Å². The zero-order valence-electron chi connectivity index (χ0n) is 16.2. The van der Waals surface area contributed by atoms with Gasteiger partial charge in [0.05, 0.1) is 11.3 Å². The fraction of sp³-hybridized carbons (Fsp3) is 0.0400. The molecule has 30 heavy (non-hydrogen) atoms. The van der Waals surface area contributed by atoms with E-state index in [1.807, 2.05) is 61.5 Å². The lowest BCUT2D eigenvalue weighted by molar-refractivity contribution is 0.474. The third-order valence-corrected chi connectivity index (χ3v) is 5.00. The van der Waals surface area contributed by atoms with Crippen molar-refractivity contribution in [3.05, 3.63) is 83.9 Å². The summed E-state index contributed by atoms with van der Waals surface area (Å²) in [5.41, 5.74) is 4.17. The van der Waals surface area contributed by atoms with Gasteiger partial charge in [0.15, 0.2) is 5.58 Å². The molecule has 5 nitrogen and oxygen atoms in total. The number of nitrogens with zero attached hydrogens (tertiary/aromatic N) is 2. The fourth-order valence-electron chi connectivity index (χ4n) is 3.43. The summed E-state index contributed by atoms with van der Waals surface area (Å²) in [4.78, 5) is 9.00. The summed E-state index contributed by atoms with van der Waals surface area (Å²) in [5.74, 6) is 0.653. The van der Waals surface area contributed by atoms with Crippen LogP contribution in [0.15, 0.2) is 82.2 Å². The number of aromatic nitrogens is 1. The minimum absolute atomic E-state index is 0.119. The monoisotopic (exact) mass is 394 g/mol. The van der Waals surface area contributed by atoms with Crippen LogP contribution < -0.4 is 0 Å². The van der Waals surface area contributed by atoms with Crippen LogP contribution in [0.3, 0.4) is 0 Å². The van der Waals surface area contributed by atoms with Crippen LogP contribution in [0.4, 0.5) is 5.69 Å². The third-order valence-electron chi connectivity index (χ3n) is 5.00. The molecule has 0 amide bonds. The molecule has 2 N–H and O–H groups in total. The number of phenols is 2. The summed E-state index contributed by atoms with van der Waals surface area (Å²) >= 11 is 0. The molecule has 1 heterocycles. The van der Waals surface area contributed by atoms with Crippen molar-refractivity contribution in [2.75, 3.05) is 0 Å². The van der Waals surface area contributed by atoms with E-state index in [2.05, 4.69) is 9.98 Å². The molecule has 0 fully saturated rings. The number of hydrogen-bond acceptors (Lipinski definition) is 5. The number of fused-ring (bicyclic) bond motifs is 2. The van der Waals surface area contributed by atoms with Gasteiger partial charge in [0.2, 0.25) is 5.89 Å². The molecule has 0 unspecified atom stereocenters. The van der Waals surface area contributed by atoms with E-state index in [9.17, 15) is 10.2 Å². The predicted molar refractivity (Wildman–Crippen MR) is 119 cm³/mol. The van der Waals surface area contributed by atoms with E-state index in [4.69, 9.17) is 4.42 Å². The number of rotatable bonds is 3. The van der Waals surface area contributed by atoms with Crippen molar-refractivity contribution in [2.45, 2.75) is 6.92 Å². The summed E-state index contributed by atoms with van der Waals surface area (Å²) in [7, 11) is 0. The van der Waals surface area contributed by atoms with Crippen molar-refractivity contribution in [2.24, 2.45) is 4.99 Å². The van der Waals surface area contributed by atoms with Crippen molar-refractivity contribution in [1.82, 2.24) is 4.98 Å². The number of aromatic hydroxyl groups is 2. The molecular formula is C25H18N2O3. The Labute approximate surface area is 172 Å². The number of phenolic OH excluding ortho intramolecular Hbond substituents is 2. The molecule has 5 rings (SSSR count). The highest BCUT2D eigenvalue weighted by atomic mass is 16.3. The molecule has 5 aromatic rings. The summed E-state index contributed by atoms with van der Waals surface area (Å²) in [5, 5.41) is 22.4. The number of aryl methyl sites for hydroxylation is 1. The minimum Gasteiger partial charge on any atom is -0.507 e. The molecule has 1 aromatic heterocycles. The molecule has 0 aliphatic carbocycles. The Morgan fingerprint density at radius 2 is 1.67 bits per heavy atom. The van der Waals surface area contributed by atoms with E-state index in [0.29, 0.717) is 33.8 Å². The minimum atomic E-state index is 0.119. The van der Waals surface area contributed by atoms with Gasteiger partial charge in [-0.25, -0.2) is 4.98 Å². The van der Waals surface area contributed by atoms with E-state index >= 15 is 0 Å². The highest BCUT2D eigenvalue weighted by molar-refractivity contribution is 5.91. The highest BCUT2D eigenvalue weighted by Gasteiger charge is 2.14. The lowest BCUT2D eigenvalue weighted by Gasteiger charge is -2.03. The van der Waals surface area contributed by atoms with Gasteiger partial charge in [-0.3, -0.25) is 4.99 Å². The first kappa shape index (κ1) is 17.9. The first-order valence-electron chi connectivity index (χ1n) is 9.53. The quantitative estimate of drug-likeness (QED) is 0.361. The summed E-state index contributed by atoms with van der Waals surface area (Å²) in [6, 6.07) is 22.2. The second-order valence-electron chi connectivity index (χ2n) is 7.21. The first-order valence-corrected chi connectivity index (χ1v) is 9.53. The maximum atomic E-state index is 10.5. The van der Waals surface area contributed by atoms with Crippen LogP contribution in [0.2, 0.25) is 0 Å². The van der Waals surface area contributed by atoms with Gasteiger partial charge in [-0.05, 0) is 60.2 Å². The van der Waals surface area contributed by atoms with E-state index in [0.717, 1.165) is 16.3 Å². The smallest absolute Gasteiger partial charge is 0.231 e. The average molecular weight is 394 g/mol. The van der Waals surface area contributed by atoms with Crippen LogP contribution >= 0.6 is 0 Å². The maximum absolute atomic E-state index is 10.5. The Morgan fingerprint density at radius 3 is 2.50 bits per heavy atom. The molecule has 0 aliphatic heterocycles. The van der Waals surface area contributed by atoms with Gasteiger partial charge in [0.1, 0.15) is 17.0 Å². The van der Waals surface area contributed by atoms with Gasteiger partial charge >= 0.3 is 0 Å². The van der Waals surface area contributed by atoms with Crippen LogP contribution in [0.5, 0.6) is 11.5 Å². The molecule has 0 saturated heterocycles. The van der Waals surface area contributed by atoms with Crippen LogP contribution in [-0.4, -0.2) is 21.4 Å². The van der Waals surface area contributed by atoms with Gasteiger partial charge < -0.3 is 14.6 Å². The van der Waals surface area contributed by atoms with Crippen LogP contribution in [-0.2, 0) is 0 Å². The van der Waals surface area contributed by atoms with Crippen molar-refractivity contribution in [3.8, 4) is 23.0 Å². The Kier molecular flexibility index (Phi) is 4.21. The molecular weight excluding hydrogens is 376 g/mol. The predicted octanol–water partition coefficient (Wildman–Crippen LogP) is 6.12. The third kappa shape index (κ3) is 3.26. The molecule has 0 aliphatic rings. The van der Waals surface area contributed by atoms with Gasteiger partial charge in [-0.2, -0.15) is 0 Å². The second kappa shape index (κ2) is 7.04. The van der Waals surface area contributed by atoms with Crippen molar-refractivity contribution >= 4 is 33.8 Å². The molecule has 0 bridgehead atoms. The normalized spacial score (nSPS) is 11.6. The molecule has 4 aromatic carbocycles. The first-order chi connectivity index (χ1) is 14.6. The topological polar surface area (TPSA) is 78.9 Å². The van der Waals surface area contributed by atoms with E-state index in [1.54, 1.807) is 24.4 Å². The molecule has 146 valence electrons.